The van der Waals surface area contributed by atoms with Crippen molar-refractivity contribution in [2.75, 3.05) is 6.61 Å². The lowest BCUT2D eigenvalue weighted by Gasteiger charge is -2.27. The van der Waals surface area contributed by atoms with E-state index in [-0.39, 0.29) is 31.3 Å². The summed E-state index contributed by atoms with van der Waals surface area (Å²) in [5, 5.41) is 25.9. The van der Waals surface area contributed by atoms with Crippen LogP contribution in [0.3, 0.4) is 0 Å². The van der Waals surface area contributed by atoms with Gasteiger partial charge in [0.15, 0.2) is 6.61 Å². The first-order valence-electron chi connectivity index (χ1n) is 21.4. The van der Waals surface area contributed by atoms with E-state index in [1.54, 1.807) is 91.0 Å². The Bertz CT molecular complexity index is 2630. The largest absolute Gasteiger partial charge is 0.484 e. The number of aliphatic carboxylic acids is 1. The fraction of sp³-hybridized carbons (Fsp3) is 0.192. The third kappa shape index (κ3) is 12.7. The highest BCUT2D eigenvalue weighted by molar-refractivity contribution is 7.11. The first kappa shape index (κ1) is 46.2. The molecule has 6 aromatic rings. The molecule has 13 nitrogen and oxygen atoms in total. The quantitative estimate of drug-likeness (QED) is 0.0892. The minimum Gasteiger partial charge on any atom is -0.484 e. The van der Waals surface area contributed by atoms with Gasteiger partial charge in [-0.2, -0.15) is 0 Å². The molecule has 6 N–H and O–H groups in total. The van der Waals surface area contributed by atoms with Crippen molar-refractivity contribution in [3.63, 3.8) is 0 Å². The zero-order valence-electron chi connectivity index (χ0n) is 35.9. The molecule has 5 unspecified atom stereocenters. The fourth-order valence-corrected chi connectivity index (χ4v) is 8.25. The number of ether oxygens (including phenoxy) is 1. The predicted molar refractivity (Wildman–Crippen MR) is 252 cm³/mol. The maximum Gasteiger partial charge on any atom is 0.326 e. The first-order chi connectivity index (χ1) is 32.0. The van der Waals surface area contributed by atoms with Crippen molar-refractivity contribution in [2.24, 2.45) is 0 Å². The molecular formula is C52H49N5O8S. The lowest BCUT2D eigenvalue weighted by molar-refractivity contribution is -0.142. The molecule has 2 aliphatic rings. The van der Waals surface area contributed by atoms with E-state index < -0.39 is 72.3 Å². The van der Waals surface area contributed by atoms with Gasteiger partial charge >= 0.3 is 5.97 Å². The molecule has 14 heteroatoms. The van der Waals surface area contributed by atoms with Crippen molar-refractivity contribution >= 4 is 52.4 Å². The van der Waals surface area contributed by atoms with Crippen LogP contribution in [0.15, 0.2) is 164 Å². The molecule has 66 heavy (non-hydrogen) atoms. The van der Waals surface area contributed by atoms with Gasteiger partial charge in [0.25, 0.3) is 5.91 Å². The monoisotopic (exact) mass is 903 g/mol. The summed E-state index contributed by atoms with van der Waals surface area (Å²) < 4.78 is 5.80. The summed E-state index contributed by atoms with van der Waals surface area (Å²) in [6.07, 6.45) is -0.117. The number of rotatable bonds is 12. The zero-order chi connectivity index (χ0) is 46.4. The molecule has 5 amide bonds. The van der Waals surface area contributed by atoms with Crippen LogP contribution in [0.25, 0.3) is 16.7 Å². The van der Waals surface area contributed by atoms with Crippen LogP contribution in [0.1, 0.15) is 27.1 Å². The van der Waals surface area contributed by atoms with E-state index in [0.717, 1.165) is 11.1 Å². The summed E-state index contributed by atoms with van der Waals surface area (Å²) in [6.45, 7) is 3.68. The standard InChI is InChI=1S/C52H49N5O8S/c1-33(45-18-11-27-66-45)47-51(62)55-43(29-36-19-23-39(24-20-36)38-16-9-4-10-17-38)49(60)53-41(28-34-12-5-2-6-13-34)48(59)54-42(30-37-21-25-40(26-22-37)65-32-46(58)57-47)50(61)56-44(52(63)64)31-35-14-7-3-8-15-35/h2-27,41-44,47H,1,28-32H2,(H,53,60)(H,54,59)(H,55,62)(H,56,61)(H,57,58)(H,63,64). The van der Waals surface area contributed by atoms with Gasteiger partial charge in [-0.1, -0.05) is 140 Å². The Hall–Kier alpha value is -7.84. The normalized spacial score (nSPS) is 18.7. The van der Waals surface area contributed by atoms with E-state index in [4.69, 9.17) is 4.74 Å². The Balaban J connectivity index is 1.24. The average Bonchev–Trinajstić information content (AvgIpc) is 3.88. The Morgan fingerprint density at radius 3 is 1.82 bits per heavy atom. The van der Waals surface area contributed by atoms with Crippen molar-refractivity contribution in [1.29, 1.82) is 0 Å². The SMILES string of the molecule is C=C(c1cccs1)C1NC(=O)COc2ccc(cc2)CC(C(=O)NC(Cc2ccccc2)C(=O)O)NC(=O)C(Cc2ccccc2)NC(=O)C(Cc2ccc(-c3ccccc3)cc2)NC1=O. The molecule has 8 rings (SSSR count). The molecule has 0 radical (unpaired) electrons. The maximum absolute atomic E-state index is 14.7. The van der Waals surface area contributed by atoms with Gasteiger partial charge in [0, 0.05) is 30.6 Å². The molecule has 1 aromatic heterocycles. The molecule has 2 bridgehead atoms. The Labute approximate surface area is 386 Å². The third-order valence-electron chi connectivity index (χ3n) is 11.1. The molecule has 5 atom stereocenters. The summed E-state index contributed by atoms with van der Waals surface area (Å²) in [6, 6.07) is 38.6. The van der Waals surface area contributed by atoms with Crippen molar-refractivity contribution in [1.82, 2.24) is 26.6 Å². The van der Waals surface area contributed by atoms with Crippen LogP contribution in [-0.4, -0.2) is 77.4 Å². The summed E-state index contributed by atoms with van der Waals surface area (Å²) in [7, 11) is 0. The van der Waals surface area contributed by atoms with Crippen LogP contribution in [0.2, 0.25) is 0 Å². The third-order valence-corrected chi connectivity index (χ3v) is 12.0. The van der Waals surface area contributed by atoms with Crippen LogP contribution in [-0.2, 0) is 54.5 Å². The van der Waals surface area contributed by atoms with Crippen molar-refractivity contribution in [2.45, 2.75) is 55.9 Å². The van der Waals surface area contributed by atoms with Crippen LogP contribution in [0.5, 0.6) is 5.75 Å². The van der Waals surface area contributed by atoms with Gasteiger partial charge in [0.2, 0.25) is 23.6 Å². The minimum atomic E-state index is -1.33. The van der Waals surface area contributed by atoms with Gasteiger partial charge in [-0.3, -0.25) is 24.0 Å². The van der Waals surface area contributed by atoms with Gasteiger partial charge < -0.3 is 36.4 Å². The highest BCUT2D eigenvalue weighted by Crippen LogP contribution is 2.24. The Morgan fingerprint density at radius 1 is 0.652 bits per heavy atom. The number of hydrogen-bond donors (Lipinski definition) is 6. The summed E-state index contributed by atoms with van der Waals surface area (Å²) in [5.41, 5.74) is 4.85. The number of carbonyl (C=O) groups excluding carboxylic acids is 5. The molecule has 0 spiro atoms. The number of carboxylic acids is 1. The van der Waals surface area contributed by atoms with Gasteiger partial charge in [0.1, 0.15) is 36.0 Å². The predicted octanol–water partition coefficient (Wildman–Crippen LogP) is 5.30. The smallest absolute Gasteiger partial charge is 0.326 e. The average molecular weight is 904 g/mol. The molecule has 2 aliphatic heterocycles. The number of carboxylic acid groups (broad SMARTS) is 1. The fourth-order valence-electron chi connectivity index (χ4n) is 7.52. The van der Waals surface area contributed by atoms with E-state index >= 15 is 0 Å². The van der Waals surface area contributed by atoms with E-state index in [1.165, 1.54) is 11.3 Å². The summed E-state index contributed by atoms with van der Waals surface area (Å²) in [4.78, 5) is 84.5. The minimum absolute atomic E-state index is 0.00908. The number of nitrogens with one attached hydrogen (secondary N) is 5. The van der Waals surface area contributed by atoms with Crippen LogP contribution in [0, 0.1) is 0 Å². The van der Waals surface area contributed by atoms with E-state index in [9.17, 15) is 33.9 Å². The van der Waals surface area contributed by atoms with Crippen molar-refractivity contribution < 1.29 is 38.6 Å². The second kappa shape index (κ2) is 22.2. The second-order valence-corrected chi connectivity index (χ2v) is 16.8. The molecule has 0 saturated carbocycles. The van der Waals surface area contributed by atoms with Gasteiger partial charge in [-0.05, 0) is 62.5 Å². The maximum atomic E-state index is 14.7. The lowest BCUT2D eigenvalue weighted by atomic mass is 9.98. The van der Waals surface area contributed by atoms with Crippen molar-refractivity contribution in [3.05, 3.63) is 191 Å². The number of fused-ring (bicyclic) bond motifs is 16. The zero-order valence-corrected chi connectivity index (χ0v) is 36.7. The molecule has 0 aliphatic carbocycles. The van der Waals surface area contributed by atoms with E-state index in [1.807, 2.05) is 66.0 Å². The number of amides is 5. The molecule has 5 aromatic carbocycles. The van der Waals surface area contributed by atoms with Gasteiger partial charge in [-0.25, -0.2) is 4.79 Å². The van der Waals surface area contributed by atoms with E-state index in [0.29, 0.717) is 32.9 Å². The first-order valence-corrected chi connectivity index (χ1v) is 22.3. The second-order valence-electron chi connectivity index (χ2n) is 15.9. The van der Waals surface area contributed by atoms with Crippen LogP contribution < -0.4 is 31.3 Å². The van der Waals surface area contributed by atoms with Crippen LogP contribution >= 0.6 is 11.3 Å². The van der Waals surface area contributed by atoms with E-state index in [2.05, 4.69) is 33.2 Å². The van der Waals surface area contributed by atoms with Gasteiger partial charge in [0.05, 0.1) is 0 Å². The topological polar surface area (TPSA) is 192 Å². The molecule has 0 fully saturated rings. The van der Waals surface area contributed by atoms with Crippen LogP contribution in [0.4, 0.5) is 0 Å². The molecular weight excluding hydrogens is 855 g/mol. The molecule has 3 heterocycles. The van der Waals surface area contributed by atoms with Gasteiger partial charge in [-0.15, -0.1) is 11.3 Å². The molecule has 0 saturated heterocycles. The number of hydrogen-bond acceptors (Lipinski definition) is 8. The Morgan fingerprint density at radius 2 is 1.21 bits per heavy atom. The highest BCUT2D eigenvalue weighted by atomic mass is 32.1. The number of benzene rings is 5. The summed E-state index contributed by atoms with van der Waals surface area (Å²) >= 11 is 1.33. The van der Waals surface area contributed by atoms with Crippen molar-refractivity contribution in [3.8, 4) is 16.9 Å². The number of thiophene rings is 1. The molecule has 336 valence electrons. The Kier molecular flexibility index (Phi) is 15.5. The number of carbonyl (C=O) groups is 6. The highest BCUT2D eigenvalue weighted by Gasteiger charge is 2.34. The summed E-state index contributed by atoms with van der Waals surface area (Å²) in [5.74, 6) is -4.53. The lowest BCUT2D eigenvalue weighted by Crippen LogP contribution is -2.60.